The Labute approximate surface area is 377 Å². The van der Waals surface area contributed by atoms with Crippen LogP contribution in [0.3, 0.4) is 0 Å². The zero-order valence-electron chi connectivity index (χ0n) is 39.6. The van der Waals surface area contributed by atoms with Crippen LogP contribution in [0.4, 0.5) is 0 Å². The minimum atomic E-state index is -0.771. The largest absolute Gasteiger partial charge is 0.462 e. The summed E-state index contributed by atoms with van der Waals surface area (Å²) in [5.74, 6) is -0.596. The van der Waals surface area contributed by atoms with Crippen molar-refractivity contribution in [2.75, 3.05) is 13.2 Å². The molecule has 0 saturated carbocycles. The van der Waals surface area contributed by atoms with Crippen molar-refractivity contribution in [3.05, 3.63) is 97.2 Å². The van der Waals surface area contributed by atoms with E-state index in [0.29, 0.717) is 12.8 Å². The van der Waals surface area contributed by atoms with E-state index in [-0.39, 0.29) is 25.2 Å². The topological polar surface area (TPSA) is 72.8 Å². The first-order valence-electron chi connectivity index (χ1n) is 25.3. The number of carbonyl (C=O) groups excluding carboxylic acids is 2. The third-order valence-corrected chi connectivity index (χ3v) is 10.6. The van der Waals surface area contributed by atoms with Crippen LogP contribution in [0.2, 0.25) is 0 Å². The number of ether oxygens (including phenoxy) is 2. The summed E-state index contributed by atoms with van der Waals surface area (Å²) in [6.45, 7) is 3.99. The lowest BCUT2D eigenvalue weighted by Gasteiger charge is -2.15. The highest BCUT2D eigenvalue weighted by molar-refractivity contribution is 5.70. The quantitative estimate of drug-likeness (QED) is 0.0375. The highest BCUT2D eigenvalue weighted by Crippen LogP contribution is 2.15. The van der Waals surface area contributed by atoms with Crippen LogP contribution in [-0.4, -0.2) is 36.4 Å². The van der Waals surface area contributed by atoms with Crippen molar-refractivity contribution in [3.63, 3.8) is 0 Å². The van der Waals surface area contributed by atoms with Crippen molar-refractivity contribution < 1.29 is 24.2 Å². The van der Waals surface area contributed by atoms with Gasteiger partial charge in [-0.15, -0.1) is 0 Å². The second-order valence-corrected chi connectivity index (χ2v) is 16.5. The number of unbranched alkanes of at least 4 members (excludes halogenated alkanes) is 21. The molecule has 0 amide bonds. The molecule has 1 unspecified atom stereocenters. The van der Waals surface area contributed by atoms with Crippen molar-refractivity contribution in [3.8, 4) is 0 Å². The summed E-state index contributed by atoms with van der Waals surface area (Å²) in [5, 5.41) is 9.55. The van der Waals surface area contributed by atoms with Crippen LogP contribution in [0.15, 0.2) is 97.2 Å². The lowest BCUT2D eigenvalue weighted by atomic mass is 10.0. The molecular formula is C56H94O5. The maximum atomic E-state index is 12.2. The van der Waals surface area contributed by atoms with E-state index in [2.05, 4.69) is 111 Å². The van der Waals surface area contributed by atoms with Crippen molar-refractivity contribution in [1.29, 1.82) is 0 Å². The van der Waals surface area contributed by atoms with E-state index in [1.165, 1.54) is 109 Å². The Morgan fingerprint density at radius 3 is 1.07 bits per heavy atom. The fourth-order valence-electron chi connectivity index (χ4n) is 6.86. The molecule has 0 aliphatic heterocycles. The van der Waals surface area contributed by atoms with Gasteiger partial charge in [-0.25, -0.2) is 0 Å². The molecule has 348 valence electrons. The SMILES string of the molecule is CC/C=C\C/C=C\C/C=C\C/C=C\C/C=C\C/C=C\C/C=C\C/C=C\CCCCCCCCCCCCCCCCC(=O)OC(CO)COC(=O)CCCCCCCCCC. The number of hydrogen-bond acceptors (Lipinski definition) is 5. The monoisotopic (exact) mass is 847 g/mol. The Hall–Kier alpha value is -3.18. The third-order valence-electron chi connectivity index (χ3n) is 10.6. The molecule has 0 fully saturated rings. The molecule has 0 heterocycles. The van der Waals surface area contributed by atoms with Crippen LogP contribution in [0.5, 0.6) is 0 Å². The van der Waals surface area contributed by atoms with E-state index in [0.717, 1.165) is 89.9 Å². The van der Waals surface area contributed by atoms with Gasteiger partial charge in [0.05, 0.1) is 6.61 Å². The molecule has 0 aromatic rings. The first-order chi connectivity index (χ1) is 30.1. The van der Waals surface area contributed by atoms with Crippen molar-refractivity contribution >= 4 is 11.9 Å². The van der Waals surface area contributed by atoms with Crippen molar-refractivity contribution in [2.24, 2.45) is 0 Å². The molecule has 0 saturated heterocycles. The summed E-state index contributed by atoms with van der Waals surface area (Å²) in [5.41, 5.74) is 0. The Kier molecular flexibility index (Phi) is 48.5. The Morgan fingerprint density at radius 1 is 0.393 bits per heavy atom. The number of allylic oxidation sites excluding steroid dienone is 16. The predicted octanol–water partition coefficient (Wildman–Crippen LogP) is 16.8. The Morgan fingerprint density at radius 2 is 0.705 bits per heavy atom. The molecule has 0 radical (unpaired) electrons. The minimum absolute atomic E-state index is 0.0668. The van der Waals surface area contributed by atoms with Gasteiger partial charge in [0.15, 0.2) is 6.10 Å². The standard InChI is InChI=1S/C56H94O5/c1-3-5-7-9-11-13-14-15-16-17-18-19-20-21-22-23-24-25-26-27-28-29-30-31-32-33-34-35-36-37-38-39-40-41-42-43-45-47-49-51-56(59)61-54(52-57)53-60-55(58)50-48-46-44-12-10-8-6-4-2/h5,7,11,13,15-16,18-19,21-22,24-25,27-28,30-31,54,57H,3-4,6,8-10,12,14,17,20,23,26,29,32-53H2,1-2H3/b7-5-,13-11-,16-15-,19-18-,22-21-,25-24-,28-27-,31-30-. The number of aliphatic hydroxyl groups excluding tert-OH is 1. The minimum Gasteiger partial charge on any atom is -0.462 e. The van der Waals surface area contributed by atoms with Gasteiger partial charge in [-0.1, -0.05) is 233 Å². The summed E-state index contributed by atoms with van der Waals surface area (Å²) in [7, 11) is 0. The molecule has 1 atom stereocenters. The van der Waals surface area contributed by atoms with Crippen LogP contribution < -0.4 is 0 Å². The number of esters is 2. The molecular weight excluding hydrogens is 753 g/mol. The van der Waals surface area contributed by atoms with Gasteiger partial charge in [-0.05, 0) is 77.0 Å². The van der Waals surface area contributed by atoms with E-state index in [1.54, 1.807) is 0 Å². The van der Waals surface area contributed by atoms with Gasteiger partial charge in [0.25, 0.3) is 0 Å². The summed E-state index contributed by atoms with van der Waals surface area (Å²) in [6, 6.07) is 0. The molecule has 0 spiro atoms. The highest BCUT2D eigenvalue weighted by atomic mass is 16.6. The van der Waals surface area contributed by atoms with Gasteiger partial charge in [-0.3, -0.25) is 9.59 Å². The van der Waals surface area contributed by atoms with E-state index in [9.17, 15) is 14.7 Å². The molecule has 61 heavy (non-hydrogen) atoms. The zero-order chi connectivity index (χ0) is 44.2. The second-order valence-electron chi connectivity index (χ2n) is 16.5. The Bertz CT molecular complexity index is 1190. The summed E-state index contributed by atoms with van der Waals surface area (Å²) >= 11 is 0. The number of aliphatic hydroxyl groups is 1. The van der Waals surface area contributed by atoms with Crippen molar-refractivity contribution in [2.45, 2.75) is 232 Å². The van der Waals surface area contributed by atoms with Crippen LogP contribution in [-0.2, 0) is 19.1 Å². The predicted molar refractivity (Wildman–Crippen MR) is 265 cm³/mol. The van der Waals surface area contributed by atoms with Crippen LogP contribution in [0, 0.1) is 0 Å². The molecule has 0 aromatic heterocycles. The number of carbonyl (C=O) groups is 2. The molecule has 5 nitrogen and oxygen atoms in total. The number of hydrogen-bond donors (Lipinski definition) is 1. The summed E-state index contributed by atoms with van der Waals surface area (Å²) in [4.78, 5) is 24.2. The third kappa shape index (κ3) is 49.4. The van der Waals surface area contributed by atoms with Gasteiger partial charge in [0.2, 0.25) is 0 Å². The molecule has 0 aliphatic carbocycles. The summed E-state index contributed by atoms with van der Waals surface area (Å²) < 4.78 is 10.6. The maximum Gasteiger partial charge on any atom is 0.306 e. The van der Waals surface area contributed by atoms with E-state index in [1.807, 2.05) is 0 Å². The lowest BCUT2D eigenvalue weighted by molar-refractivity contribution is -0.161. The average Bonchev–Trinajstić information content (AvgIpc) is 3.26. The fraction of sp³-hybridized carbons (Fsp3) is 0.679. The molecule has 0 rings (SSSR count). The molecule has 5 heteroatoms. The van der Waals surface area contributed by atoms with Crippen LogP contribution >= 0.6 is 0 Å². The first-order valence-corrected chi connectivity index (χ1v) is 25.3. The van der Waals surface area contributed by atoms with Gasteiger partial charge >= 0.3 is 11.9 Å². The molecule has 0 aliphatic rings. The van der Waals surface area contributed by atoms with E-state index < -0.39 is 6.10 Å². The second kappa shape index (κ2) is 51.2. The summed E-state index contributed by atoms with van der Waals surface area (Å²) in [6.07, 6.45) is 72.4. The average molecular weight is 847 g/mol. The fourth-order valence-corrected chi connectivity index (χ4v) is 6.86. The Balaban J connectivity index is 3.50. The van der Waals surface area contributed by atoms with E-state index in [4.69, 9.17) is 9.47 Å². The first kappa shape index (κ1) is 57.8. The molecule has 1 N–H and O–H groups in total. The molecule has 0 aromatic carbocycles. The molecule has 0 bridgehead atoms. The normalized spacial score (nSPS) is 13.0. The maximum absolute atomic E-state index is 12.2. The van der Waals surface area contributed by atoms with Crippen LogP contribution in [0.25, 0.3) is 0 Å². The van der Waals surface area contributed by atoms with Gasteiger partial charge in [0, 0.05) is 12.8 Å². The van der Waals surface area contributed by atoms with Crippen LogP contribution in [0.1, 0.15) is 226 Å². The number of rotatable bonds is 45. The van der Waals surface area contributed by atoms with Crippen molar-refractivity contribution in [1.82, 2.24) is 0 Å². The van der Waals surface area contributed by atoms with Gasteiger partial charge < -0.3 is 14.6 Å². The van der Waals surface area contributed by atoms with E-state index >= 15 is 0 Å². The lowest BCUT2D eigenvalue weighted by Crippen LogP contribution is -2.28. The highest BCUT2D eigenvalue weighted by Gasteiger charge is 2.16. The zero-order valence-corrected chi connectivity index (χ0v) is 39.6. The van der Waals surface area contributed by atoms with Gasteiger partial charge in [0.1, 0.15) is 6.61 Å². The smallest absolute Gasteiger partial charge is 0.306 e. The van der Waals surface area contributed by atoms with Gasteiger partial charge in [-0.2, -0.15) is 0 Å².